The second-order valence-corrected chi connectivity index (χ2v) is 9.12. The lowest BCUT2D eigenvalue weighted by molar-refractivity contribution is 1.14. The van der Waals surface area contributed by atoms with Crippen molar-refractivity contribution >= 4 is 11.6 Å². The van der Waals surface area contributed by atoms with Gasteiger partial charge >= 0.3 is 0 Å². The number of hydrogen-bond donors (Lipinski definition) is 0. The molecule has 0 fully saturated rings. The lowest BCUT2D eigenvalue weighted by Crippen LogP contribution is -1.94. The van der Waals surface area contributed by atoms with E-state index in [9.17, 15) is 0 Å². The molecule has 0 aliphatic heterocycles. The Labute approximate surface area is 263 Å². The Morgan fingerprint density at radius 2 is 0.907 bits per heavy atom. The zero-order chi connectivity index (χ0) is 32.0. The first kappa shape index (κ1) is 36.6. The molecule has 0 aromatic heterocycles. The van der Waals surface area contributed by atoms with Gasteiger partial charge in [-0.1, -0.05) is 183 Å². The maximum Gasteiger partial charge on any atom is -0.00756 e. The second-order valence-electron chi connectivity index (χ2n) is 9.12. The molecular weight excluding hydrogens is 516 g/mol. The number of rotatable bonds is 6. The van der Waals surface area contributed by atoms with Crippen molar-refractivity contribution in [3.8, 4) is 33.4 Å². The molecule has 0 atom stereocenters. The molecule has 0 aliphatic carbocycles. The highest BCUT2D eigenvalue weighted by Gasteiger charge is 2.15. The molecule has 5 aromatic carbocycles. The second kappa shape index (κ2) is 21.3. The van der Waals surface area contributed by atoms with Gasteiger partial charge in [-0.15, -0.1) is 0 Å². The van der Waals surface area contributed by atoms with E-state index in [4.69, 9.17) is 0 Å². The van der Waals surface area contributed by atoms with Crippen molar-refractivity contribution in [2.45, 2.75) is 61.8 Å². The van der Waals surface area contributed by atoms with Gasteiger partial charge in [0.2, 0.25) is 0 Å². The minimum atomic E-state index is 1.08. The van der Waals surface area contributed by atoms with Crippen LogP contribution in [0.1, 0.15) is 72.1 Å². The monoisotopic (exact) mass is 568 g/mol. The molecule has 0 amide bonds. The SMILES string of the molecule is C=C(C)c1c(-c2ccccc2)cc(-c2ccccc2)cc1-c1ccccc1.C=Cc1ccc(CC)cc1.CC.CC.CC. The van der Waals surface area contributed by atoms with Crippen molar-refractivity contribution in [1.82, 2.24) is 0 Å². The van der Waals surface area contributed by atoms with Gasteiger partial charge in [0.1, 0.15) is 0 Å². The van der Waals surface area contributed by atoms with Crippen molar-refractivity contribution in [1.29, 1.82) is 0 Å². The summed E-state index contributed by atoms with van der Waals surface area (Å²) in [5.74, 6) is 0. The third kappa shape index (κ3) is 11.1. The third-order valence-corrected chi connectivity index (χ3v) is 6.47. The largest absolute Gasteiger partial charge is 0.0985 e. The summed E-state index contributed by atoms with van der Waals surface area (Å²) in [6, 6.07) is 44.8. The molecule has 5 aromatic rings. The third-order valence-electron chi connectivity index (χ3n) is 6.47. The average molecular weight is 569 g/mol. The van der Waals surface area contributed by atoms with Gasteiger partial charge in [0.25, 0.3) is 0 Å². The van der Waals surface area contributed by atoms with Crippen molar-refractivity contribution in [2.75, 3.05) is 0 Å². The Kier molecular flexibility index (Phi) is 18.1. The first-order chi connectivity index (χ1) is 21.1. The Bertz CT molecular complexity index is 1380. The fourth-order valence-corrected chi connectivity index (χ4v) is 4.48. The Morgan fingerprint density at radius 1 is 0.535 bits per heavy atom. The summed E-state index contributed by atoms with van der Waals surface area (Å²) < 4.78 is 0. The van der Waals surface area contributed by atoms with E-state index in [1.807, 2.05) is 47.6 Å². The molecular formula is C43H52. The maximum atomic E-state index is 4.30. The number of hydrogen-bond acceptors (Lipinski definition) is 0. The minimum Gasteiger partial charge on any atom is -0.0985 e. The molecule has 224 valence electrons. The molecule has 5 rings (SSSR count). The molecule has 43 heavy (non-hydrogen) atoms. The van der Waals surface area contributed by atoms with Crippen molar-refractivity contribution < 1.29 is 0 Å². The topological polar surface area (TPSA) is 0 Å². The van der Waals surface area contributed by atoms with Crippen LogP contribution in [-0.2, 0) is 6.42 Å². The highest BCUT2D eigenvalue weighted by molar-refractivity contribution is 5.93. The molecule has 0 unspecified atom stereocenters. The van der Waals surface area contributed by atoms with Crippen LogP contribution in [0, 0.1) is 0 Å². The van der Waals surface area contributed by atoms with Crippen molar-refractivity contribution in [2.24, 2.45) is 0 Å². The number of allylic oxidation sites excluding steroid dienone is 1. The Balaban J connectivity index is 0.000000484. The van der Waals surface area contributed by atoms with Gasteiger partial charge in [-0.25, -0.2) is 0 Å². The Morgan fingerprint density at radius 3 is 1.23 bits per heavy atom. The van der Waals surface area contributed by atoms with E-state index >= 15 is 0 Å². The van der Waals surface area contributed by atoms with Crippen LogP contribution >= 0.6 is 0 Å². The highest BCUT2D eigenvalue weighted by atomic mass is 14.2. The summed E-state index contributed by atoms with van der Waals surface area (Å²) in [5.41, 5.74) is 12.2. The highest BCUT2D eigenvalue weighted by Crippen LogP contribution is 2.40. The zero-order valence-electron chi connectivity index (χ0n) is 27.8. The zero-order valence-corrected chi connectivity index (χ0v) is 27.8. The van der Waals surface area contributed by atoms with E-state index in [1.54, 1.807) is 0 Å². The van der Waals surface area contributed by atoms with Crippen molar-refractivity contribution in [3.05, 3.63) is 157 Å². The molecule has 0 heterocycles. The molecule has 0 nitrogen and oxygen atoms in total. The molecule has 0 radical (unpaired) electrons. The predicted octanol–water partition coefficient (Wildman–Crippen LogP) is 13.7. The van der Waals surface area contributed by atoms with E-state index < -0.39 is 0 Å². The fourth-order valence-electron chi connectivity index (χ4n) is 4.48. The standard InChI is InChI=1S/C27H22.C10H12.3C2H6/c1-20(2)27-25(22-14-8-4-9-15-22)18-24(21-12-6-3-7-13-21)19-26(27)23-16-10-5-11-17-23;1-3-9-5-7-10(4-2)8-6-9;3*1-2/h3-19H,1H2,2H3;3,5-8H,1,4H2,2H3;3*1-2H3. The molecule has 0 N–H and O–H groups in total. The lowest BCUT2D eigenvalue weighted by atomic mass is 9.85. The summed E-state index contributed by atoms with van der Waals surface area (Å²) >= 11 is 0. The molecule has 0 saturated carbocycles. The van der Waals surface area contributed by atoms with Gasteiger partial charge in [-0.05, 0) is 81.1 Å². The average Bonchev–Trinajstić information content (AvgIpc) is 3.11. The summed E-state index contributed by atoms with van der Waals surface area (Å²) in [6.45, 7) is 24.2. The summed E-state index contributed by atoms with van der Waals surface area (Å²) in [5, 5.41) is 0. The van der Waals surface area contributed by atoms with Crippen LogP contribution in [0.3, 0.4) is 0 Å². The van der Waals surface area contributed by atoms with Gasteiger partial charge in [-0.2, -0.15) is 0 Å². The van der Waals surface area contributed by atoms with E-state index in [2.05, 4.69) is 154 Å². The van der Waals surface area contributed by atoms with Crippen LogP contribution in [0.15, 0.2) is 141 Å². The maximum absolute atomic E-state index is 4.30. The minimum absolute atomic E-state index is 1.08. The normalized spacial score (nSPS) is 9.21. The number of aryl methyl sites for hydroxylation is 1. The van der Waals surface area contributed by atoms with Gasteiger partial charge in [0.15, 0.2) is 0 Å². The van der Waals surface area contributed by atoms with Crippen molar-refractivity contribution in [3.63, 3.8) is 0 Å². The lowest BCUT2D eigenvalue weighted by Gasteiger charge is -2.18. The first-order valence-electron chi connectivity index (χ1n) is 15.8. The fraction of sp³-hybridized carbons (Fsp3) is 0.209. The summed E-state index contributed by atoms with van der Waals surface area (Å²) in [6.07, 6.45) is 2.97. The summed E-state index contributed by atoms with van der Waals surface area (Å²) in [4.78, 5) is 0. The molecule has 0 aliphatic rings. The Hall–Kier alpha value is -4.42. The van der Waals surface area contributed by atoms with E-state index in [0.717, 1.165) is 12.0 Å². The molecule has 0 spiro atoms. The number of benzene rings is 5. The smallest absolute Gasteiger partial charge is 0.00756 e. The van der Waals surface area contributed by atoms with E-state index in [-0.39, 0.29) is 0 Å². The van der Waals surface area contributed by atoms with Crippen LogP contribution in [-0.4, -0.2) is 0 Å². The molecule has 0 heteroatoms. The quantitative estimate of drug-likeness (QED) is 0.191. The predicted molar refractivity (Wildman–Crippen MR) is 197 cm³/mol. The van der Waals surface area contributed by atoms with Gasteiger partial charge in [0.05, 0.1) is 0 Å². The van der Waals surface area contributed by atoms with Crippen LogP contribution < -0.4 is 0 Å². The molecule has 0 bridgehead atoms. The van der Waals surface area contributed by atoms with Gasteiger partial charge in [-0.3, -0.25) is 0 Å². The van der Waals surface area contributed by atoms with Crippen LogP contribution in [0.2, 0.25) is 0 Å². The van der Waals surface area contributed by atoms with Crippen LogP contribution in [0.4, 0.5) is 0 Å². The first-order valence-corrected chi connectivity index (χ1v) is 15.8. The van der Waals surface area contributed by atoms with Crippen LogP contribution in [0.25, 0.3) is 45.0 Å². The summed E-state index contributed by atoms with van der Waals surface area (Å²) in [7, 11) is 0. The van der Waals surface area contributed by atoms with Gasteiger partial charge < -0.3 is 0 Å². The molecule has 0 saturated heterocycles. The van der Waals surface area contributed by atoms with Gasteiger partial charge in [0, 0.05) is 0 Å². The van der Waals surface area contributed by atoms with E-state index in [1.165, 1.54) is 50.1 Å². The van der Waals surface area contributed by atoms with E-state index in [0.29, 0.717) is 0 Å². The van der Waals surface area contributed by atoms with Crippen LogP contribution in [0.5, 0.6) is 0 Å².